The molecule has 1 amide bonds. The molecular weight excluding hydrogens is 360 g/mol. The van der Waals surface area contributed by atoms with Crippen LogP contribution < -0.4 is 5.32 Å². The SMILES string of the molecule is CCN(CC)S(=O)(=O)c1cc(C)c(C)c(NC(=O)CCc2ccccc2)c1. The van der Waals surface area contributed by atoms with Gasteiger partial charge in [0, 0.05) is 25.2 Å². The highest BCUT2D eigenvalue weighted by Crippen LogP contribution is 2.26. The number of rotatable bonds is 8. The Morgan fingerprint density at radius 3 is 2.26 bits per heavy atom. The van der Waals surface area contributed by atoms with Crippen LogP contribution in [0.3, 0.4) is 0 Å². The average molecular weight is 389 g/mol. The van der Waals surface area contributed by atoms with Gasteiger partial charge in [0.2, 0.25) is 15.9 Å². The molecule has 0 unspecified atom stereocenters. The zero-order valence-electron chi connectivity index (χ0n) is 16.5. The second-order valence-corrected chi connectivity index (χ2v) is 8.47. The largest absolute Gasteiger partial charge is 0.326 e. The predicted octanol–water partition coefficient (Wildman–Crippen LogP) is 3.91. The summed E-state index contributed by atoms with van der Waals surface area (Å²) in [5.74, 6) is -0.126. The standard InChI is InChI=1S/C21H28N2O3S/c1-5-23(6-2)27(25,26)19-14-16(3)17(4)20(15-19)22-21(24)13-12-18-10-8-7-9-11-18/h7-11,14-15H,5-6,12-13H2,1-4H3,(H,22,24). The fraction of sp³-hybridized carbons (Fsp3) is 0.381. The van der Waals surface area contributed by atoms with Crippen molar-refractivity contribution in [3.05, 3.63) is 59.2 Å². The van der Waals surface area contributed by atoms with Crippen molar-refractivity contribution < 1.29 is 13.2 Å². The smallest absolute Gasteiger partial charge is 0.243 e. The van der Waals surface area contributed by atoms with Crippen LogP contribution in [0.4, 0.5) is 5.69 Å². The number of benzene rings is 2. The Bertz CT molecular complexity index is 889. The lowest BCUT2D eigenvalue weighted by Gasteiger charge is -2.20. The lowest BCUT2D eigenvalue weighted by molar-refractivity contribution is -0.116. The van der Waals surface area contributed by atoms with Crippen LogP contribution >= 0.6 is 0 Å². The van der Waals surface area contributed by atoms with E-state index < -0.39 is 10.0 Å². The Balaban J connectivity index is 2.21. The van der Waals surface area contributed by atoms with Gasteiger partial charge in [-0.3, -0.25) is 4.79 Å². The van der Waals surface area contributed by atoms with Crippen molar-refractivity contribution in [1.29, 1.82) is 0 Å². The van der Waals surface area contributed by atoms with Gasteiger partial charge in [0.1, 0.15) is 0 Å². The second kappa shape index (κ2) is 9.15. The van der Waals surface area contributed by atoms with Gasteiger partial charge in [0.25, 0.3) is 0 Å². The molecule has 6 heteroatoms. The Labute approximate surface area is 162 Å². The number of nitrogens with zero attached hydrogens (tertiary/aromatic N) is 1. The molecule has 0 aliphatic heterocycles. The molecule has 2 aromatic carbocycles. The summed E-state index contributed by atoms with van der Waals surface area (Å²) in [6, 6.07) is 13.0. The summed E-state index contributed by atoms with van der Waals surface area (Å²) in [7, 11) is -3.57. The van der Waals surface area contributed by atoms with Crippen molar-refractivity contribution in [3.63, 3.8) is 0 Å². The minimum atomic E-state index is -3.57. The van der Waals surface area contributed by atoms with E-state index in [1.54, 1.807) is 12.1 Å². The molecule has 27 heavy (non-hydrogen) atoms. The fourth-order valence-corrected chi connectivity index (χ4v) is 4.50. The number of anilines is 1. The Morgan fingerprint density at radius 1 is 1.04 bits per heavy atom. The zero-order valence-corrected chi connectivity index (χ0v) is 17.3. The quantitative estimate of drug-likeness (QED) is 0.746. The van der Waals surface area contributed by atoms with Gasteiger partial charge < -0.3 is 5.32 Å². The number of nitrogens with one attached hydrogen (secondary N) is 1. The third-order valence-electron chi connectivity index (χ3n) is 4.74. The van der Waals surface area contributed by atoms with Crippen molar-refractivity contribution in [3.8, 4) is 0 Å². The molecular formula is C21H28N2O3S. The number of carbonyl (C=O) groups is 1. The lowest BCUT2D eigenvalue weighted by Crippen LogP contribution is -2.30. The molecule has 0 saturated carbocycles. The number of carbonyl (C=O) groups excluding carboxylic acids is 1. The van der Waals surface area contributed by atoms with Crippen molar-refractivity contribution in [2.24, 2.45) is 0 Å². The van der Waals surface area contributed by atoms with Crippen LogP contribution in [0.1, 0.15) is 37.0 Å². The summed E-state index contributed by atoms with van der Waals surface area (Å²) in [6.45, 7) is 8.18. The summed E-state index contributed by atoms with van der Waals surface area (Å²) >= 11 is 0. The first-order valence-corrected chi connectivity index (χ1v) is 10.7. The van der Waals surface area contributed by atoms with Crippen LogP contribution in [0.15, 0.2) is 47.4 Å². The van der Waals surface area contributed by atoms with Gasteiger partial charge in [-0.1, -0.05) is 44.2 Å². The Kier molecular flexibility index (Phi) is 7.16. The minimum Gasteiger partial charge on any atom is -0.326 e. The molecule has 2 aromatic rings. The minimum absolute atomic E-state index is 0.126. The summed E-state index contributed by atoms with van der Waals surface area (Å²) in [4.78, 5) is 12.6. The number of hydrogen-bond acceptors (Lipinski definition) is 3. The molecule has 0 heterocycles. The Morgan fingerprint density at radius 2 is 1.67 bits per heavy atom. The van der Waals surface area contributed by atoms with Gasteiger partial charge in [-0.2, -0.15) is 4.31 Å². The predicted molar refractivity (Wildman–Crippen MR) is 109 cm³/mol. The third-order valence-corrected chi connectivity index (χ3v) is 6.77. The van der Waals surface area contributed by atoms with Crippen molar-refractivity contribution in [1.82, 2.24) is 4.31 Å². The van der Waals surface area contributed by atoms with Gasteiger partial charge in [-0.25, -0.2) is 8.42 Å². The van der Waals surface area contributed by atoms with Crippen LogP contribution in [0, 0.1) is 13.8 Å². The molecule has 2 rings (SSSR count). The van der Waals surface area contributed by atoms with E-state index in [9.17, 15) is 13.2 Å². The topological polar surface area (TPSA) is 66.5 Å². The van der Waals surface area contributed by atoms with Gasteiger partial charge in [0.05, 0.1) is 4.90 Å². The molecule has 0 atom stereocenters. The first-order valence-electron chi connectivity index (χ1n) is 9.24. The van der Waals surface area contributed by atoms with Crippen LogP contribution in [0.2, 0.25) is 0 Å². The number of sulfonamides is 1. The molecule has 0 spiro atoms. The lowest BCUT2D eigenvalue weighted by atomic mass is 10.1. The third kappa shape index (κ3) is 5.17. The molecule has 0 aliphatic rings. The van der Waals surface area contributed by atoms with Crippen LogP contribution in [-0.4, -0.2) is 31.7 Å². The molecule has 1 N–H and O–H groups in total. The second-order valence-electron chi connectivity index (χ2n) is 6.54. The number of hydrogen-bond donors (Lipinski definition) is 1. The molecule has 0 saturated heterocycles. The molecule has 5 nitrogen and oxygen atoms in total. The van der Waals surface area contributed by atoms with E-state index >= 15 is 0 Å². The van der Waals surface area contributed by atoms with E-state index in [1.165, 1.54) is 4.31 Å². The first-order chi connectivity index (χ1) is 12.8. The van der Waals surface area contributed by atoms with Crippen LogP contribution in [-0.2, 0) is 21.2 Å². The van der Waals surface area contributed by atoms with Crippen molar-refractivity contribution in [2.45, 2.75) is 45.4 Å². The summed E-state index contributed by atoms with van der Waals surface area (Å²) in [5.41, 5.74) is 3.36. The summed E-state index contributed by atoms with van der Waals surface area (Å²) in [6.07, 6.45) is 0.984. The van der Waals surface area contributed by atoms with Gasteiger partial charge in [-0.05, 0) is 49.1 Å². The molecule has 0 radical (unpaired) electrons. The van der Waals surface area contributed by atoms with Crippen LogP contribution in [0.5, 0.6) is 0 Å². The Hall–Kier alpha value is -2.18. The molecule has 146 valence electrons. The first kappa shape index (κ1) is 21.1. The van der Waals surface area contributed by atoms with Crippen molar-refractivity contribution >= 4 is 21.6 Å². The highest BCUT2D eigenvalue weighted by atomic mass is 32.2. The van der Waals surface area contributed by atoms with Gasteiger partial charge >= 0.3 is 0 Å². The maximum atomic E-state index is 12.8. The maximum Gasteiger partial charge on any atom is 0.243 e. The van der Waals surface area contributed by atoms with Gasteiger partial charge in [0.15, 0.2) is 0 Å². The van der Waals surface area contributed by atoms with E-state index in [0.717, 1.165) is 16.7 Å². The van der Waals surface area contributed by atoms with E-state index in [1.807, 2.05) is 58.0 Å². The van der Waals surface area contributed by atoms with E-state index in [4.69, 9.17) is 0 Å². The number of amides is 1. The fourth-order valence-electron chi connectivity index (χ4n) is 2.93. The van der Waals surface area contributed by atoms with E-state index in [-0.39, 0.29) is 10.8 Å². The normalized spacial score (nSPS) is 11.6. The van der Waals surface area contributed by atoms with Gasteiger partial charge in [-0.15, -0.1) is 0 Å². The molecule has 0 aromatic heterocycles. The average Bonchev–Trinajstić information content (AvgIpc) is 2.65. The summed E-state index contributed by atoms with van der Waals surface area (Å²) in [5, 5.41) is 2.89. The molecule has 0 aliphatic carbocycles. The van der Waals surface area contributed by atoms with E-state index in [2.05, 4.69) is 5.32 Å². The monoisotopic (exact) mass is 388 g/mol. The highest BCUT2D eigenvalue weighted by molar-refractivity contribution is 7.89. The molecule has 0 fully saturated rings. The molecule has 0 bridgehead atoms. The maximum absolute atomic E-state index is 12.8. The highest BCUT2D eigenvalue weighted by Gasteiger charge is 2.23. The summed E-state index contributed by atoms with van der Waals surface area (Å²) < 4.78 is 27.1. The zero-order chi connectivity index (χ0) is 20.0. The van der Waals surface area contributed by atoms with Crippen LogP contribution in [0.25, 0.3) is 0 Å². The van der Waals surface area contributed by atoms with E-state index in [0.29, 0.717) is 31.6 Å². The number of aryl methyl sites for hydroxylation is 2. The van der Waals surface area contributed by atoms with Crippen molar-refractivity contribution in [2.75, 3.05) is 18.4 Å².